The number of nitrogen functional groups attached to an aromatic ring is 1. The van der Waals surface area contributed by atoms with Gasteiger partial charge >= 0.3 is 0 Å². The number of sulfonamides is 1. The number of aryl methyl sites for hydroxylation is 1. The third-order valence-corrected chi connectivity index (χ3v) is 2.46. The summed E-state index contributed by atoms with van der Waals surface area (Å²) < 4.78 is 21.7. The Labute approximate surface area is 93.9 Å². The van der Waals surface area contributed by atoms with E-state index in [2.05, 4.69) is 0 Å². The van der Waals surface area contributed by atoms with Crippen LogP contribution < -0.4 is 10.9 Å². The Hall–Kier alpha value is -1.60. The minimum Gasteiger partial charge on any atom is -0.481 e. The number of hydrogen-bond donors (Lipinski definition) is 3. The highest BCUT2D eigenvalue weighted by Gasteiger charge is 2.10. The molecule has 0 aliphatic heterocycles. The van der Waals surface area contributed by atoms with E-state index in [4.69, 9.17) is 20.8 Å². The van der Waals surface area contributed by atoms with Gasteiger partial charge in [-0.2, -0.15) is 0 Å². The summed E-state index contributed by atoms with van der Waals surface area (Å²) in [5.41, 5.74) is 6.54. The number of anilines is 1. The van der Waals surface area contributed by atoms with E-state index in [0.717, 1.165) is 12.5 Å². The van der Waals surface area contributed by atoms with E-state index in [-0.39, 0.29) is 10.6 Å². The standard InChI is InChI=1S/C7H10N2O2S.C2H4O2/c1-5-2-3-7(6(8)4-5)12(9,10)11;1-2(3)4/h2-4H,8H2,1H3,(H2,9,10,11);1H3,(H,3,4). The second kappa shape index (κ2) is 5.47. The van der Waals surface area contributed by atoms with Gasteiger partial charge in [-0.3, -0.25) is 4.79 Å². The van der Waals surface area contributed by atoms with Gasteiger partial charge in [0.25, 0.3) is 5.97 Å². The van der Waals surface area contributed by atoms with Gasteiger partial charge in [0.15, 0.2) is 0 Å². The molecule has 0 radical (unpaired) electrons. The lowest BCUT2D eigenvalue weighted by Crippen LogP contribution is -2.14. The molecule has 0 amide bonds. The van der Waals surface area contributed by atoms with Crippen LogP contribution in [0.5, 0.6) is 0 Å². The fraction of sp³-hybridized carbons (Fsp3) is 0.222. The number of carboxylic acid groups (broad SMARTS) is 1. The molecule has 16 heavy (non-hydrogen) atoms. The summed E-state index contributed by atoms with van der Waals surface area (Å²) in [6.45, 7) is 2.91. The van der Waals surface area contributed by atoms with Crippen molar-refractivity contribution in [1.29, 1.82) is 0 Å². The van der Waals surface area contributed by atoms with E-state index in [1.165, 1.54) is 6.07 Å². The first-order valence-corrected chi connectivity index (χ1v) is 5.77. The highest BCUT2D eigenvalue weighted by molar-refractivity contribution is 7.89. The van der Waals surface area contributed by atoms with E-state index in [1.807, 2.05) is 6.92 Å². The van der Waals surface area contributed by atoms with Crippen LogP contribution in [0, 0.1) is 6.92 Å². The summed E-state index contributed by atoms with van der Waals surface area (Å²) >= 11 is 0. The van der Waals surface area contributed by atoms with E-state index in [9.17, 15) is 8.42 Å². The third kappa shape index (κ3) is 5.32. The van der Waals surface area contributed by atoms with E-state index >= 15 is 0 Å². The molecule has 0 aromatic heterocycles. The summed E-state index contributed by atoms with van der Waals surface area (Å²) in [6.07, 6.45) is 0. The van der Waals surface area contributed by atoms with Gasteiger partial charge in [0.05, 0.1) is 5.69 Å². The van der Waals surface area contributed by atoms with Crippen LogP contribution in [0.2, 0.25) is 0 Å². The van der Waals surface area contributed by atoms with Crippen molar-refractivity contribution < 1.29 is 18.3 Å². The number of carboxylic acids is 1. The molecule has 0 bridgehead atoms. The zero-order chi connectivity index (χ0) is 12.9. The van der Waals surface area contributed by atoms with Crippen molar-refractivity contribution in [2.24, 2.45) is 5.14 Å². The quantitative estimate of drug-likeness (QED) is 0.615. The van der Waals surface area contributed by atoms with Gasteiger partial charge in [-0.1, -0.05) is 6.07 Å². The number of hydrogen-bond acceptors (Lipinski definition) is 4. The summed E-state index contributed by atoms with van der Waals surface area (Å²) in [6, 6.07) is 4.62. The monoisotopic (exact) mass is 246 g/mol. The summed E-state index contributed by atoms with van der Waals surface area (Å²) in [4.78, 5) is 8.98. The van der Waals surface area contributed by atoms with Crippen LogP contribution in [0.4, 0.5) is 5.69 Å². The van der Waals surface area contributed by atoms with Crippen LogP contribution in [0.15, 0.2) is 23.1 Å². The Morgan fingerprint density at radius 1 is 1.38 bits per heavy atom. The highest BCUT2D eigenvalue weighted by Crippen LogP contribution is 2.17. The molecule has 1 rings (SSSR count). The average molecular weight is 246 g/mol. The van der Waals surface area contributed by atoms with E-state index < -0.39 is 16.0 Å². The molecule has 0 saturated heterocycles. The van der Waals surface area contributed by atoms with E-state index in [1.54, 1.807) is 12.1 Å². The SMILES string of the molecule is CC(=O)O.Cc1ccc(S(N)(=O)=O)c(N)c1. The molecule has 1 aromatic carbocycles. The second-order valence-corrected chi connectivity index (χ2v) is 4.64. The van der Waals surface area contributed by atoms with Gasteiger partial charge < -0.3 is 10.8 Å². The van der Waals surface area contributed by atoms with Crippen molar-refractivity contribution in [3.63, 3.8) is 0 Å². The molecule has 5 N–H and O–H groups in total. The van der Waals surface area contributed by atoms with Crippen LogP contribution in [0.25, 0.3) is 0 Å². The Morgan fingerprint density at radius 2 is 1.81 bits per heavy atom. The van der Waals surface area contributed by atoms with Crippen molar-refractivity contribution in [3.8, 4) is 0 Å². The van der Waals surface area contributed by atoms with Crippen molar-refractivity contribution in [2.75, 3.05) is 5.73 Å². The number of nitrogens with two attached hydrogens (primary N) is 2. The Morgan fingerprint density at radius 3 is 2.12 bits per heavy atom. The largest absolute Gasteiger partial charge is 0.481 e. The molecule has 0 atom stereocenters. The molecule has 0 saturated carbocycles. The first-order chi connectivity index (χ1) is 7.14. The van der Waals surface area contributed by atoms with Crippen molar-refractivity contribution >= 4 is 21.7 Å². The van der Waals surface area contributed by atoms with Gasteiger partial charge in [0.1, 0.15) is 4.90 Å². The zero-order valence-electron chi connectivity index (χ0n) is 8.97. The Balaban J connectivity index is 0.000000487. The van der Waals surface area contributed by atoms with Crippen LogP contribution in [-0.2, 0) is 14.8 Å². The lowest BCUT2D eigenvalue weighted by Gasteiger charge is -2.02. The van der Waals surface area contributed by atoms with Gasteiger partial charge in [-0.25, -0.2) is 13.6 Å². The molecule has 0 aliphatic rings. The number of benzene rings is 1. The van der Waals surface area contributed by atoms with Crippen molar-refractivity contribution in [1.82, 2.24) is 0 Å². The molecule has 90 valence electrons. The predicted octanol–water partition coefficient (Wildman–Crippen LogP) is 0.316. The number of carbonyl (C=O) groups is 1. The van der Waals surface area contributed by atoms with Crippen molar-refractivity contribution in [3.05, 3.63) is 23.8 Å². The molecular weight excluding hydrogens is 232 g/mol. The van der Waals surface area contributed by atoms with E-state index in [0.29, 0.717) is 0 Å². The number of aliphatic carboxylic acids is 1. The van der Waals surface area contributed by atoms with Crippen LogP contribution >= 0.6 is 0 Å². The average Bonchev–Trinajstić information content (AvgIpc) is 1.99. The summed E-state index contributed by atoms with van der Waals surface area (Å²) in [7, 11) is -3.68. The Kier molecular flexibility index (Phi) is 4.93. The lowest BCUT2D eigenvalue weighted by molar-refractivity contribution is -0.134. The fourth-order valence-corrected chi connectivity index (χ4v) is 1.57. The molecule has 0 fully saturated rings. The second-order valence-electron chi connectivity index (χ2n) is 3.11. The highest BCUT2D eigenvalue weighted by atomic mass is 32.2. The number of primary sulfonamides is 1. The van der Waals surface area contributed by atoms with Gasteiger partial charge in [0.2, 0.25) is 10.0 Å². The molecule has 0 unspecified atom stereocenters. The molecule has 7 heteroatoms. The third-order valence-electron chi connectivity index (χ3n) is 1.47. The maximum Gasteiger partial charge on any atom is 0.300 e. The Bertz CT molecular complexity index is 478. The topological polar surface area (TPSA) is 123 Å². The maximum atomic E-state index is 10.9. The molecule has 0 aliphatic carbocycles. The number of rotatable bonds is 1. The normalized spacial score (nSPS) is 10.2. The molecule has 0 spiro atoms. The maximum absolute atomic E-state index is 10.9. The van der Waals surface area contributed by atoms with Gasteiger partial charge in [0, 0.05) is 6.92 Å². The van der Waals surface area contributed by atoms with Gasteiger partial charge in [-0.15, -0.1) is 0 Å². The molecular formula is C9H14N2O4S. The van der Waals surface area contributed by atoms with Crippen LogP contribution in [0.3, 0.4) is 0 Å². The fourth-order valence-electron chi connectivity index (χ4n) is 0.927. The first kappa shape index (κ1) is 14.4. The summed E-state index contributed by atoms with van der Waals surface area (Å²) in [5.74, 6) is -0.833. The van der Waals surface area contributed by atoms with Gasteiger partial charge in [-0.05, 0) is 24.6 Å². The minimum atomic E-state index is -3.68. The van der Waals surface area contributed by atoms with Crippen LogP contribution in [-0.4, -0.2) is 19.5 Å². The van der Waals surface area contributed by atoms with Crippen LogP contribution in [0.1, 0.15) is 12.5 Å². The summed E-state index contributed by atoms with van der Waals surface area (Å²) in [5, 5.41) is 12.3. The molecule has 1 aromatic rings. The predicted molar refractivity (Wildman–Crippen MR) is 60.3 cm³/mol. The molecule has 0 heterocycles. The smallest absolute Gasteiger partial charge is 0.300 e. The zero-order valence-corrected chi connectivity index (χ0v) is 9.78. The lowest BCUT2D eigenvalue weighted by atomic mass is 10.2. The first-order valence-electron chi connectivity index (χ1n) is 4.23. The van der Waals surface area contributed by atoms with Crippen molar-refractivity contribution in [2.45, 2.75) is 18.7 Å². The molecule has 6 nitrogen and oxygen atoms in total. The minimum absolute atomic E-state index is 0.0203.